The molecule has 0 unspecified atom stereocenters. The quantitative estimate of drug-likeness (QED) is 0.653. The van der Waals surface area contributed by atoms with E-state index in [-0.39, 0.29) is 6.61 Å². The SMILES string of the molecule is CC(C)n1cc(COCCF)nn1. The third-order valence-corrected chi connectivity index (χ3v) is 1.56. The Morgan fingerprint density at radius 2 is 2.38 bits per heavy atom. The molecule has 5 heteroatoms. The van der Waals surface area contributed by atoms with Gasteiger partial charge in [-0.3, -0.25) is 0 Å². The fourth-order valence-corrected chi connectivity index (χ4v) is 0.863. The Balaban J connectivity index is 2.40. The van der Waals surface area contributed by atoms with Crippen molar-refractivity contribution in [2.45, 2.75) is 26.5 Å². The second-order valence-corrected chi connectivity index (χ2v) is 3.03. The summed E-state index contributed by atoms with van der Waals surface area (Å²) in [5.74, 6) is 0. The zero-order chi connectivity index (χ0) is 9.68. The lowest BCUT2D eigenvalue weighted by atomic mass is 10.4. The third kappa shape index (κ3) is 3.10. The maximum Gasteiger partial charge on any atom is 0.113 e. The summed E-state index contributed by atoms with van der Waals surface area (Å²) in [6.45, 7) is 4.02. The summed E-state index contributed by atoms with van der Waals surface area (Å²) in [5, 5.41) is 7.76. The molecule has 0 saturated carbocycles. The largest absolute Gasteiger partial charge is 0.372 e. The first kappa shape index (κ1) is 10.1. The molecule has 1 aromatic heterocycles. The van der Waals surface area contributed by atoms with Crippen molar-refractivity contribution in [1.29, 1.82) is 0 Å². The van der Waals surface area contributed by atoms with Crippen molar-refractivity contribution in [2.24, 2.45) is 0 Å². The average Bonchev–Trinajstić information content (AvgIpc) is 2.53. The van der Waals surface area contributed by atoms with Gasteiger partial charge in [0.15, 0.2) is 0 Å². The Kier molecular flexibility index (Phi) is 3.82. The maximum atomic E-state index is 11.7. The van der Waals surface area contributed by atoms with Gasteiger partial charge in [-0.2, -0.15) is 0 Å². The number of alkyl halides is 1. The van der Waals surface area contributed by atoms with Gasteiger partial charge < -0.3 is 4.74 Å². The zero-order valence-corrected chi connectivity index (χ0v) is 7.90. The van der Waals surface area contributed by atoms with Gasteiger partial charge in [-0.25, -0.2) is 9.07 Å². The fraction of sp³-hybridized carbons (Fsp3) is 0.750. The van der Waals surface area contributed by atoms with E-state index in [1.165, 1.54) is 0 Å². The first-order chi connectivity index (χ1) is 6.24. The molecule has 1 heterocycles. The van der Waals surface area contributed by atoms with Gasteiger partial charge in [0.2, 0.25) is 0 Å². The highest BCUT2D eigenvalue weighted by molar-refractivity contribution is 4.90. The molecule has 0 radical (unpaired) electrons. The van der Waals surface area contributed by atoms with Gasteiger partial charge in [0.1, 0.15) is 12.4 Å². The highest BCUT2D eigenvalue weighted by Gasteiger charge is 2.02. The molecule has 4 nitrogen and oxygen atoms in total. The van der Waals surface area contributed by atoms with Crippen molar-refractivity contribution in [3.8, 4) is 0 Å². The summed E-state index contributed by atoms with van der Waals surface area (Å²) in [4.78, 5) is 0. The number of rotatable bonds is 5. The summed E-state index contributed by atoms with van der Waals surface area (Å²) >= 11 is 0. The molecule has 0 aliphatic carbocycles. The molecule has 0 aromatic carbocycles. The molecule has 13 heavy (non-hydrogen) atoms. The van der Waals surface area contributed by atoms with Crippen LogP contribution in [0.3, 0.4) is 0 Å². The highest BCUT2D eigenvalue weighted by atomic mass is 19.1. The molecular weight excluding hydrogens is 173 g/mol. The first-order valence-corrected chi connectivity index (χ1v) is 4.28. The molecule has 0 saturated heterocycles. The van der Waals surface area contributed by atoms with Crippen LogP contribution in [0.4, 0.5) is 4.39 Å². The van der Waals surface area contributed by atoms with Crippen LogP contribution in [0.15, 0.2) is 6.20 Å². The van der Waals surface area contributed by atoms with E-state index in [2.05, 4.69) is 10.3 Å². The van der Waals surface area contributed by atoms with Crippen molar-refractivity contribution >= 4 is 0 Å². The Labute approximate surface area is 76.7 Å². The molecule has 0 bridgehead atoms. The number of aromatic nitrogens is 3. The summed E-state index contributed by atoms with van der Waals surface area (Å²) in [6, 6.07) is 0.294. The van der Waals surface area contributed by atoms with Crippen molar-refractivity contribution in [2.75, 3.05) is 13.3 Å². The zero-order valence-electron chi connectivity index (χ0n) is 7.90. The van der Waals surface area contributed by atoms with Gasteiger partial charge in [0.05, 0.1) is 19.4 Å². The van der Waals surface area contributed by atoms with E-state index >= 15 is 0 Å². The second kappa shape index (κ2) is 4.91. The molecule has 0 atom stereocenters. The topological polar surface area (TPSA) is 39.9 Å². The first-order valence-electron chi connectivity index (χ1n) is 4.28. The van der Waals surface area contributed by atoms with Gasteiger partial charge in [-0.05, 0) is 13.8 Å². The van der Waals surface area contributed by atoms with E-state index in [1.54, 1.807) is 4.68 Å². The summed E-state index contributed by atoms with van der Waals surface area (Å²) in [6.07, 6.45) is 1.81. The van der Waals surface area contributed by atoms with Gasteiger partial charge in [-0.1, -0.05) is 5.21 Å². The van der Waals surface area contributed by atoms with E-state index in [0.717, 1.165) is 5.69 Å². The molecule has 0 aliphatic heterocycles. The van der Waals surface area contributed by atoms with Gasteiger partial charge in [0, 0.05) is 6.04 Å². The van der Waals surface area contributed by atoms with Crippen LogP contribution in [0.5, 0.6) is 0 Å². The number of hydrogen-bond donors (Lipinski definition) is 0. The summed E-state index contributed by atoms with van der Waals surface area (Å²) < 4.78 is 18.4. The number of hydrogen-bond acceptors (Lipinski definition) is 3. The number of halogens is 1. The summed E-state index contributed by atoms with van der Waals surface area (Å²) in [5.41, 5.74) is 0.738. The Bertz CT molecular complexity index is 249. The van der Waals surface area contributed by atoms with Crippen molar-refractivity contribution < 1.29 is 9.13 Å². The van der Waals surface area contributed by atoms with Gasteiger partial charge >= 0.3 is 0 Å². The van der Waals surface area contributed by atoms with Crippen LogP contribution in [-0.4, -0.2) is 28.3 Å². The maximum absolute atomic E-state index is 11.7. The van der Waals surface area contributed by atoms with Crippen molar-refractivity contribution in [1.82, 2.24) is 15.0 Å². The predicted octanol–water partition coefficient (Wildman–Crippen LogP) is 1.35. The van der Waals surface area contributed by atoms with Crippen LogP contribution in [-0.2, 0) is 11.3 Å². The lowest BCUT2D eigenvalue weighted by Gasteiger charge is -2.01. The van der Waals surface area contributed by atoms with Crippen LogP contribution < -0.4 is 0 Å². The molecule has 0 fully saturated rings. The Morgan fingerprint density at radius 3 is 2.92 bits per heavy atom. The van der Waals surface area contributed by atoms with Crippen molar-refractivity contribution in [3.05, 3.63) is 11.9 Å². The van der Waals surface area contributed by atoms with Gasteiger partial charge in [-0.15, -0.1) is 5.10 Å². The van der Waals surface area contributed by atoms with Gasteiger partial charge in [0.25, 0.3) is 0 Å². The predicted molar refractivity (Wildman–Crippen MR) is 46.0 cm³/mol. The molecular formula is C8H14FN3O. The van der Waals surface area contributed by atoms with Crippen molar-refractivity contribution in [3.63, 3.8) is 0 Å². The number of nitrogens with zero attached hydrogens (tertiary/aromatic N) is 3. The Morgan fingerprint density at radius 1 is 1.62 bits per heavy atom. The summed E-state index contributed by atoms with van der Waals surface area (Å²) in [7, 11) is 0. The van der Waals surface area contributed by atoms with E-state index in [1.807, 2.05) is 20.0 Å². The highest BCUT2D eigenvalue weighted by Crippen LogP contribution is 2.03. The normalized spacial score (nSPS) is 11.1. The molecule has 0 aliphatic rings. The minimum Gasteiger partial charge on any atom is -0.372 e. The smallest absolute Gasteiger partial charge is 0.113 e. The van der Waals surface area contributed by atoms with Crippen LogP contribution >= 0.6 is 0 Å². The van der Waals surface area contributed by atoms with E-state index in [4.69, 9.17) is 4.74 Å². The lowest BCUT2D eigenvalue weighted by Crippen LogP contribution is -2.00. The molecule has 0 N–H and O–H groups in total. The molecule has 74 valence electrons. The second-order valence-electron chi connectivity index (χ2n) is 3.03. The monoisotopic (exact) mass is 187 g/mol. The van der Waals surface area contributed by atoms with Crippen LogP contribution in [0.1, 0.15) is 25.6 Å². The van der Waals surface area contributed by atoms with Crippen LogP contribution in [0.25, 0.3) is 0 Å². The Hall–Kier alpha value is -0.970. The third-order valence-electron chi connectivity index (χ3n) is 1.56. The van der Waals surface area contributed by atoms with Crippen LogP contribution in [0, 0.1) is 0 Å². The molecule has 1 rings (SSSR count). The molecule has 1 aromatic rings. The van der Waals surface area contributed by atoms with E-state index in [9.17, 15) is 4.39 Å². The minimum absolute atomic E-state index is 0.120. The van der Waals surface area contributed by atoms with Crippen LogP contribution in [0.2, 0.25) is 0 Å². The lowest BCUT2D eigenvalue weighted by molar-refractivity contribution is 0.104. The standard InChI is InChI=1S/C8H14FN3O/c1-7(2)12-5-8(10-11-12)6-13-4-3-9/h5,7H,3-4,6H2,1-2H3. The number of ether oxygens (including phenoxy) is 1. The minimum atomic E-state index is -0.460. The molecule has 0 spiro atoms. The van der Waals surface area contributed by atoms with E-state index < -0.39 is 6.67 Å². The fourth-order valence-electron chi connectivity index (χ4n) is 0.863. The van der Waals surface area contributed by atoms with E-state index in [0.29, 0.717) is 12.6 Å². The average molecular weight is 187 g/mol. The molecule has 0 amide bonds.